The third-order valence-corrected chi connectivity index (χ3v) is 4.02. The Bertz CT molecular complexity index is 330. The molecule has 0 aliphatic carbocycles. The highest BCUT2D eigenvalue weighted by molar-refractivity contribution is 9.10. The van der Waals surface area contributed by atoms with Crippen molar-refractivity contribution in [3.63, 3.8) is 0 Å². The fourth-order valence-corrected chi connectivity index (χ4v) is 1.90. The summed E-state index contributed by atoms with van der Waals surface area (Å²) >= 11 is 9.34. The molecule has 90 valence electrons. The van der Waals surface area contributed by atoms with Gasteiger partial charge in [0.15, 0.2) is 0 Å². The molecule has 0 amide bonds. The molecule has 0 unspecified atom stereocenters. The largest absolute Gasteiger partial charge is 0.303 e. The lowest BCUT2D eigenvalue weighted by molar-refractivity contribution is 0.305. The van der Waals surface area contributed by atoms with E-state index in [0.29, 0.717) is 5.15 Å². The van der Waals surface area contributed by atoms with E-state index in [1.54, 1.807) is 0 Å². The van der Waals surface area contributed by atoms with Gasteiger partial charge < -0.3 is 4.90 Å². The first-order valence-corrected chi connectivity index (χ1v) is 6.66. The van der Waals surface area contributed by atoms with Gasteiger partial charge in [-0.1, -0.05) is 25.4 Å². The fourth-order valence-electron chi connectivity index (χ4n) is 1.49. The number of aryl methyl sites for hydroxylation is 1. The molecule has 0 N–H and O–H groups in total. The fraction of sp³-hybridized carbons (Fsp3) is 0.636. The monoisotopic (exact) mass is 305 g/mol. The third-order valence-electron chi connectivity index (χ3n) is 2.57. The molecule has 1 rings (SSSR count). The molecule has 0 atom stereocenters. The molecule has 0 aliphatic rings. The van der Waals surface area contributed by atoms with E-state index in [4.69, 9.17) is 11.6 Å². The van der Waals surface area contributed by atoms with Crippen LogP contribution in [0.25, 0.3) is 0 Å². The first kappa shape index (κ1) is 13.9. The number of hydrogen-bond acceptors (Lipinski definition) is 3. The molecule has 1 heterocycles. The summed E-state index contributed by atoms with van der Waals surface area (Å²) in [5.41, 5.74) is 0.898. The van der Waals surface area contributed by atoms with E-state index < -0.39 is 0 Å². The highest BCUT2D eigenvalue weighted by Gasteiger charge is 2.08. The molecule has 5 heteroatoms. The summed E-state index contributed by atoms with van der Waals surface area (Å²) in [5, 5.41) is 0.502. The summed E-state index contributed by atoms with van der Waals surface area (Å²) in [5.74, 6) is 0.817. The van der Waals surface area contributed by atoms with Crippen LogP contribution in [-0.4, -0.2) is 34.5 Å². The Labute approximate surface area is 110 Å². The molecule has 16 heavy (non-hydrogen) atoms. The summed E-state index contributed by atoms with van der Waals surface area (Å²) < 4.78 is 0.792. The Balaban J connectivity index is 2.68. The van der Waals surface area contributed by atoms with Gasteiger partial charge in [-0.25, -0.2) is 9.97 Å². The molecule has 0 radical (unpaired) electrons. The average molecular weight is 307 g/mol. The quantitative estimate of drug-likeness (QED) is 0.783. The van der Waals surface area contributed by atoms with Crippen molar-refractivity contribution in [3.8, 4) is 0 Å². The van der Waals surface area contributed by atoms with Crippen molar-refractivity contribution < 1.29 is 0 Å². The molecule has 0 spiro atoms. The number of nitrogens with zero attached hydrogens (tertiary/aromatic N) is 3. The van der Waals surface area contributed by atoms with E-state index in [-0.39, 0.29) is 0 Å². The van der Waals surface area contributed by atoms with Gasteiger partial charge in [-0.05, 0) is 35.9 Å². The van der Waals surface area contributed by atoms with Crippen LogP contribution in [0.1, 0.15) is 25.4 Å². The van der Waals surface area contributed by atoms with Gasteiger partial charge in [0, 0.05) is 13.0 Å². The Morgan fingerprint density at radius 1 is 1.25 bits per heavy atom. The maximum Gasteiger partial charge on any atom is 0.147 e. The SMILES string of the molecule is CCN(CC)CCc1nc(C)c(Br)c(Cl)n1. The summed E-state index contributed by atoms with van der Waals surface area (Å²) in [6, 6.07) is 0. The summed E-state index contributed by atoms with van der Waals surface area (Å²) in [4.78, 5) is 11.0. The van der Waals surface area contributed by atoms with Crippen LogP contribution in [0, 0.1) is 6.92 Å². The standard InChI is InChI=1S/C11H17BrClN3/c1-4-16(5-2)7-6-9-14-8(3)10(12)11(13)15-9/h4-7H2,1-3H3. The molecule has 3 nitrogen and oxygen atoms in total. The van der Waals surface area contributed by atoms with Crippen LogP contribution in [0.4, 0.5) is 0 Å². The number of hydrogen-bond donors (Lipinski definition) is 0. The molecule has 0 aliphatic heterocycles. The van der Waals surface area contributed by atoms with Crippen LogP contribution in [0.3, 0.4) is 0 Å². The number of rotatable bonds is 5. The van der Waals surface area contributed by atoms with Crippen molar-refractivity contribution in [1.29, 1.82) is 0 Å². The predicted octanol–water partition coefficient (Wildman–Crippen LogP) is 3.09. The van der Waals surface area contributed by atoms with E-state index in [1.807, 2.05) is 6.92 Å². The lowest BCUT2D eigenvalue weighted by Gasteiger charge is -2.17. The Hall–Kier alpha value is -0.190. The van der Waals surface area contributed by atoms with Crippen LogP contribution in [0.15, 0.2) is 4.47 Å². The predicted molar refractivity (Wildman–Crippen MR) is 71.0 cm³/mol. The van der Waals surface area contributed by atoms with E-state index >= 15 is 0 Å². The Morgan fingerprint density at radius 2 is 1.88 bits per heavy atom. The van der Waals surface area contributed by atoms with Gasteiger partial charge in [-0.2, -0.15) is 0 Å². The maximum absolute atomic E-state index is 5.99. The van der Waals surface area contributed by atoms with Crippen molar-refractivity contribution >= 4 is 27.5 Å². The second-order valence-corrected chi connectivity index (χ2v) is 4.76. The number of likely N-dealkylation sites (N-methyl/N-ethyl adjacent to an activating group) is 1. The topological polar surface area (TPSA) is 29.0 Å². The highest BCUT2D eigenvalue weighted by Crippen LogP contribution is 2.22. The van der Waals surface area contributed by atoms with Gasteiger partial charge in [-0.3, -0.25) is 0 Å². The van der Waals surface area contributed by atoms with Crippen LogP contribution in [-0.2, 0) is 6.42 Å². The van der Waals surface area contributed by atoms with Crippen molar-refractivity contribution in [2.24, 2.45) is 0 Å². The molecule has 1 aromatic rings. The second kappa shape index (κ2) is 6.52. The van der Waals surface area contributed by atoms with Gasteiger partial charge in [-0.15, -0.1) is 0 Å². The van der Waals surface area contributed by atoms with Crippen LogP contribution >= 0.6 is 27.5 Å². The normalized spacial score (nSPS) is 11.1. The minimum atomic E-state index is 0.502. The minimum absolute atomic E-state index is 0.502. The number of halogens is 2. The zero-order valence-electron chi connectivity index (χ0n) is 9.93. The van der Waals surface area contributed by atoms with Gasteiger partial charge in [0.25, 0.3) is 0 Å². The smallest absolute Gasteiger partial charge is 0.147 e. The Morgan fingerprint density at radius 3 is 2.38 bits per heavy atom. The summed E-state index contributed by atoms with van der Waals surface area (Å²) in [7, 11) is 0. The zero-order valence-corrected chi connectivity index (χ0v) is 12.3. The minimum Gasteiger partial charge on any atom is -0.303 e. The van der Waals surface area contributed by atoms with Crippen molar-refractivity contribution in [3.05, 3.63) is 21.1 Å². The van der Waals surface area contributed by atoms with Crippen LogP contribution in [0.5, 0.6) is 0 Å². The van der Waals surface area contributed by atoms with Crippen LogP contribution < -0.4 is 0 Å². The average Bonchev–Trinajstić information content (AvgIpc) is 2.27. The lowest BCUT2D eigenvalue weighted by atomic mass is 10.3. The van der Waals surface area contributed by atoms with Crippen LogP contribution in [0.2, 0.25) is 5.15 Å². The molecule has 1 aromatic heterocycles. The Kier molecular flexibility index (Phi) is 5.66. The molecular weight excluding hydrogens is 289 g/mol. The van der Waals surface area contributed by atoms with Gasteiger partial charge in [0.1, 0.15) is 11.0 Å². The van der Waals surface area contributed by atoms with E-state index in [9.17, 15) is 0 Å². The third kappa shape index (κ3) is 3.68. The van der Waals surface area contributed by atoms with E-state index in [2.05, 4.69) is 44.6 Å². The molecule has 0 bridgehead atoms. The zero-order chi connectivity index (χ0) is 12.1. The van der Waals surface area contributed by atoms with E-state index in [1.165, 1.54) is 0 Å². The highest BCUT2D eigenvalue weighted by atomic mass is 79.9. The second-order valence-electron chi connectivity index (χ2n) is 3.61. The molecule has 0 saturated carbocycles. The van der Waals surface area contributed by atoms with Gasteiger partial charge >= 0.3 is 0 Å². The molecule has 0 saturated heterocycles. The van der Waals surface area contributed by atoms with Gasteiger partial charge in [0.2, 0.25) is 0 Å². The number of aromatic nitrogens is 2. The van der Waals surface area contributed by atoms with Crippen molar-refractivity contribution in [2.45, 2.75) is 27.2 Å². The molecular formula is C11H17BrClN3. The van der Waals surface area contributed by atoms with Gasteiger partial charge in [0.05, 0.1) is 10.2 Å². The summed E-state index contributed by atoms with van der Waals surface area (Å²) in [6.07, 6.45) is 0.843. The molecule has 0 aromatic carbocycles. The first-order chi connectivity index (χ1) is 7.58. The maximum atomic E-state index is 5.99. The lowest BCUT2D eigenvalue weighted by Crippen LogP contribution is -2.25. The summed E-state index contributed by atoms with van der Waals surface area (Å²) in [6.45, 7) is 9.33. The molecule has 0 fully saturated rings. The van der Waals surface area contributed by atoms with Crippen molar-refractivity contribution in [2.75, 3.05) is 19.6 Å². The van der Waals surface area contributed by atoms with E-state index in [0.717, 1.165) is 42.0 Å². The van der Waals surface area contributed by atoms with Crippen molar-refractivity contribution in [1.82, 2.24) is 14.9 Å². The first-order valence-electron chi connectivity index (χ1n) is 5.49.